The van der Waals surface area contributed by atoms with E-state index in [1.807, 2.05) is 6.20 Å². The lowest BCUT2D eigenvalue weighted by molar-refractivity contribution is -0.124. The third-order valence-electron chi connectivity index (χ3n) is 2.60. The molecule has 1 aliphatic rings. The van der Waals surface area contributed by atoms with Crippen LogP contribution in [0.25, 0.3) is 0 Å². The van der Waals surface area contributed by atoms with Crippen molar-refractivity contribution >= 4 is 21.8 Å². The van der Waals surface area contributed by atoms with E-state index in [2.05, 4.69) is 26.5 Å². The van der Waals surface area contributed by atoms with Gasteiger partial charge in [0.25, 0.3) is 5.91 Å². The Bertz CT molecular complexity index is 385. The van der Waals surface area contributed by atoms with Gasteiger partial charge in [-0.3, -0.25) is 14.9 Å². The molecule has 1 aromatic heterocycles. The normalized spacial score (nSPS) is 17.5. The van der Waals surface area contributed by atoms with Crippen LogP contribution in [0.2, 0.25) is 0 Å². The summed E-state index contributed by atoms with van der Waals surface area (Å²) in [5.74, 6) is 5.40. The molecule has 0 aliphatic heterocycles. The van der Waals surface area contributed by atoms with Gasteiger partial charge in [-0.25, -0.2) is 5.84 Å². The van der Waals surface area contributed by atoms with Gasteiger partial charge < -0.3 is 0 Å². The van der Waals surface area contributed by atoms with E-state index in [0.717, 1.165) is 10.2 Å². The van der Waals surface area contributed by atoms with E-state index in [0.29, 0.717) is 5.92 Å². The van der Waals surface area contributed by atoms with Crippen molar-refractivity contribution in [2.75, 3.05) is 0 Å². The molecule has 1 aliphatic carbocycles. The monoisotopic (exact) mass is 272 g/mol. The molecule has 1 amide bonds. The summed E-state index contributed by atoms with van der Waals surface area (Å²) >= 11 is 3.45. The van der Waals surface area contributed by atoms with Crippen LogP contribution >= 0.6 is 15.9 Å². The molecule has 6 heteroatoms. The molecule has 1 saturated carbocycles. The van der Waals surface area contributed by atoms with Crippen LogP contribution in [0.3, 0.4) is 0 Å². The highest BCUT2D eigenvalue weighted by Gasteiger charge is 2.29. The molecule has 15 heavy (non-hydrogen) atoms. The van der Waals surface area contributed by atoms with Crippen LogP contribution in [-0.4, -0.2) is 15.7 Å². The first-order chi connectivity index (χ1) is 7.13. The van der Waals surface area contributed by atoms with Crippen molar-refractivity contribution in [1.82, 2.24) is 15.2 Å². The Morgan fingerprint density at radius 1 is 1.80 bits per heavy atom. The van der Waals surface area contributed by atoms with Crippen LogP contribution in [0.5, 0.6) is 0 Å². The number of hydrogen-bond acceptors (Lipinski definition) is 3. The molecule has 5 nitrogen and oxygen atoms in total. The summed E-state index contributed by atoms with van der Waals surface area (Å²) in [6.45, 7) is 1.76. The largest absolute Gasteiger partial charge is 0.292 e. The molecule has 0 bridgehead atoms. The molecule has 0 saturated heterocycles. The summed E-state index contributed by atoms with van der Waals surface area (Å²) in [6.07, 6.45) is 4.20. The van der Waals surface area contributed by atoms with Gasteiger partial charge in [0.2, 0.25) is 0 Å². The molecule has 82 valence electrons. The standard InChI is InChI=1S/C9H13BrN4O/c1-5(9(15)12-11)14-4-7(10)8(13-14)6-2-3-6/h4-6H,2-3,11H2,1H3,(H,12,15). The quantitative estimate of drug-likeness (QED) is 0.491. The van der Waals surface area contributed by atoms with Gasteiger partial charge in [-0.15, -0.1) is 0 Å². The van der Waals surface area contributed by atoms with Crippen molar-refractivity contribution in [1.29, 1.82) is 0 Å². The third-order valence-corrected chi connectivity index (χ3v) is 3.21. The number of hydrogen-bond donors (Lipinski definition) is 2. The van der Waals surface area contributed by atoms with Crippen molar-refractivity contribution in [2.24, 2.45) is 5.84 Å². The van der Waals surface area contributed by atoms with Crippen molar-refractivity contribution in [3.63, 3.8) is 0 Å². The average molecular weight is 273 g/mol. The van der Waals surface area contributed by atoms with Crippen molar-refractivity contribution in [2.45, 2.75) is 31.7 Å². The van der Waals surface area contributed by atoms with E-state index in [9.17, 15) is 4.79 Å². The zero-order valence-electron chi connectivity index (χ0n) is 8.40. The minimum Gasteiger partial charge on any atom is -0.292 e. The van der Waals surface area contributed by atoms with E-state index in [1.54, 1.807) is 11.6 Å². The summed E-state index contributed by atoms with van der Waals surface area (Å²) < 4.78 is 2.61. The Balaban J connectivity index is 2.21. The average Bonchev–Trinajstić information content (AvgIpc) is 3.00. The zero-order chi connectivity index (χ0) is 11.0. The minimum absolute atomic E-state index is 0.243. The molecule has 0 radical (unpaired) electrons. The first-order valence-electron chi connectivity index (χ1n) is 4.88. The van der Waals surface area contributed by atoms with E-state index >= 15 is 0 Å². The second kappa shape index (κ2) is 3.94. The summed E-state index contributed by atoms with van der Waals surface area (Å²) in [5, 5.41) is 4.39. The van der Waals surface area contributed by atoms with Gasteiger partial charge in [-0.05, 0) is 35.7 Å². The topological polar surface area (TPSA) is 72.9 Å². The first-order valence-corrected chi connectivity index (χ1v) is 5.67. The molecular formula is C9H13BrN4O. The predicted molar refractivity (Wildman–Crippen MR) is 58.9 cm³/mol. The molecule has 0 aromatic carbocycles. The van der Waals surface area contributed by atoms with Gasteiger partial charge in [-0.2, -0.15) is 5.10 Å². The number of hydrazine groups is 1. The van der Waals surface area contributed by atoms with Gasteiger partial charge in [0.15, 0.2) is 0 Å². The second-order valence-corrected chi connectivity index (χ2v) is 4.66. The fourth-order valence-corrected chi connectivity index (χ4v) is 2.07. The number of carbonyl (C=O) groups is 1. The molecule has 1 aromatic rings. The third kappa shape index (κ3) is 2.05. The molecule has 1 heterocycles. The van der Waals surface area contributed by atoms with Crippen molar-refractivity contribution in [3.8, 4) is 0 Å². The smallest absolute Gasteiger partial charge is 0.258 e. The molecule has 0 spiro atoms. The Morgan fingerprint density at radius 2 is 2.47 bits per heavy atom. The van der Waals surface area contributed by atoms with Gasteiger partial charge in [0, 0.05) is 12.1 Å². The highest BCUT2D eigenvalue weighted by Crippen LogP contribution is 2.42. The van der Waals surface area contributed by atoms with Crippen LogP contribution < -0.4 is 11.3 Å². The highest BCUT2D eigenvalue weighted by molar-refractivity contribution is 9.10. The molecule has 1 unspecified atom stereocenters. The molecule has 1 fully saturated rings. The second-order valence-electron chi connectivity index (χ2n) is 3.80. The number of nitrogens with zero attached hydrogens (tertiary/aromatic N) is 2. The summed E-state index contributed by atoms with van der Waals surface area (Å²) in [7, 11) is 0. The van der Waals surface area contributed by atoms with Gasteiger partial charge >= 0.3 is 0 Å². The number of amides is 1. The number of rotatable bonds is 3. The summed E-state index contributed by atoms with van der Waals surface area (Å²) in [5.41, 5.74) is 3.17. The van der Waals surface area contributed by atoms with Gasteiger partial charge in [-0.1, -0.05) is 0 Å². The molecule has 3 N–H and O–H groups in total. The fourth-order valence-electron chi connectivity index (χ4n) is 1.46. The summed E-state index contributed by atoms with van der Waals surface area (Å²) in [6, 6.07) is -0.376. The Hall–Kier alpha value is -0.880. The Morgan fingerprint density at radius 3 is 3.00 bits per heavy atom. The van der Waals surface area contributed by atoms with E-state index < -0.39 is 0 Å². The molecular weight excluding hydrogens is 260 g/mol. The number of nitrogens with one attached hydrogen (secondary N) is 1. The maximum Gasteiger partial charge on any atom is 0.258 e. The van der Waals surface area contributed by atoms with Crippen molar-refractivity contribution < 1.29 is 4.79 Å². The van der Waals surface area contributed by atoms with Crippen LogP contribution in [0.1, 0.15) is 37.4 Å². The van der Waals surface area contributed by atoms with Crippen molar-refractivity contribution in [3.05, 3.63) is 16.4 Å². The van der Waals surface area contributed by atoms with E-state index in [1.165, 1.54) is 12.8 Å². The van der Waals surface area contributed by atoms with E-state index in [-0.39, 0.29) is 11.9 Å². The van der Waals surface area contributed by atoms with Crippen LogP contribution in [0, 0.1) is 0 Å². The van der Waals surface area contributed by atoms with Crippen LogP contribution in [-0.2, 0) is 4.79 Å². The minimum atomic E-state index is -0.376. The maximum absolute atomic E-state index is 11.3. The lowest BCUT2D eigenvalue weighted by Crippen LogP contribution is -2.36. The number of carbonyl (C=O) groups excluding carboxylic acids is 1. The summed E-state index contributed by atoms with van der Waals surface area (Å²) in [4.78, 5) is 11.3. The van der Waals surface area contributed by atoms with E-state index in [4.69, 9.17) is 5.84 Å². The van der Waals surface area contributed by atoms with Gasteiger partial charge in [0.1, 0.15) is 6.04 Å². The van der Waals surface area contributed by atoms with Crippen LogP contribution in [0.15, 0.2) is 10.7 Å². The highest BCUT2D eigenvalue weighted by atomic mass is 79.9. The molecule has 1 atom stereocenters. The lowest BCUT2D eigenvalue weighted by atomic mass is 10.3. The maximum atomic E-state index is 11.3. The van der Waals surface area contributed by atoms with Crippen LogP contribution in [0.4, 0.5) is 0 Å². The Kier molecular flexibility index (Phi) is 2.79. The predicted octanol–water partition coefficient (Wildman–Crippen LogP) is 1.07. The molecule has 2 rings (SSSR count). The zero-order valence-corrected chi connectivity index (χ0v) is 9.99. The van der Waals surface area contributed by atoms with Gasteiger partial charge in [0.05, 0.1) is 10.2 Å². The Labute approximate surface area is 96.1 Å². The SMILES string of the molecule is CC(C(=O)NN)n1cc(Br)c(C2CC2)n1. The lowest BCUT2D eigenvalue weighted by Gasteiger charge is -2.09. The number of aromatic nitrogens is 2. The number of halogens is 1. The first kappa shape index (κ1) is 10.6. The fraction of sp³-hybridized carbons (Fsp3) is 0.556. The number of nitrogens with two attached hydrogens (primary N) is 1.